The lowest BCUT2D eigenvalue weighted by atomic mass is 9.87. The number of carboxylic acids is 1. The monoisotopic (exact) mass is 262 g/mol. The molecule has 1 heterocycles. The van der Waals surface area contributed by atoms with Crippen molar-refractivity contribution in [1.82, 2.24) is 10.3 Å². The van der Waals surface area contributed by atoms with Crippen LogP contribution >= 0.6 is 0 Å². The molecule has 0 radical (unpaired) electrons. The minimum absolute atomic E-state index is 0.00591. The van der Waals surface area contributed by atoms with Gasteiger partial charge in [-0.2, -0.15) is 0 Å². The van der Waals surface area contributed by atoms with Crippen molar-refractivity contribution in [3.05, 3.63) is 29.6 Å². The van der Waals surface area contributed by atoms with E-state index in [0.29, 0.717) is 5.92 Å². The van der Waals surface area contributed by atoms with Crippen LogP contribution < -0.4 is 5.32 Å². The Balaban J connectivity index is 2.06. The molecule has 1 amide bonds. The highest BCUT2D eigenvalue weighted by molar-refractivity contribution is 6.03. The average molecular weight is 262 g/mol. The molecule has 1 saturated carbocycles. The summed E-state index contributed by atoms with van der Waals surface area (Å²) in [5, 5.41) is 11.9. The molecule has 0 atom stereocenters. The summed E-state index contributed by atoms with van der Waals surface area (Å²) in [4.78, 5) is 27.0. The zero-order valence-corrected chi connectivity index (χ0v) is 10.9. The number of hydrogen-bond acceptors (Lipinski definition) is 3. The van der Waals surface area contributed by atoms with Crippen LogP contribution in [0.3, 0.4) is 0 Å². The molecule has 0 bridgehead atoms. The Bertz CT molecular complexity index is 479. The van der Waals surface area contributed by atoms with Gasteiger partial charge in [-0.1, -0.05) is 6.92 Å². The van der Waals surface area contributed by atoms with Crippen LogP contribution in [0.15, 0.2) is 18.3 Å². The van der Waals surface area contributed by atoms with Gasteiger partial charge in [-0.3, -0.25) is 9.78 Å². The smallest absolute Gasteiger partial charge is 0.338 e. The number of rotatable bonds is 3. The molecule has 19 heavy (non-hydrogen) atoms. The Labute approximate surface area is 112 Å². The predicted molar refractivity (Wildman–Crippen MR) is 70.1 cm³/mol. The number of carbonyl (C=O) groups excluding carboxylic acids is 1. The maximum absolute atomic E-state index is 12.1. The molecule has 0 aromatic carbocycles. The van der Waals surface area contributed by atoms with E-state index in [4.69, 9.17) is 5.11 Å². The van der Waals surface area contributed by atoms with E-state index in [-0.39, 0.29) is 17.3 Å². The van der Waals surface area contributed by atoms with Crippen molar-refractivity contribution >= 4 is 11.9 Å². The molecule has 5 heteroatoms. The second-order valence-corrected chi connectivity index (χ2v) is 5.13. The van der Waals surface area contributed by atoms with Gasteiger partial charge in [-0.15, -0.1) is 0 Å². The van der Waals surface area contributed by atoms with E-state index >= 15 is 0 Å². The molecule has 2 rings (SSSR count). The van der Waals surface area contributed by atoms with Crippen molar-refractivity contribution < 1.29 is 14.7 Å². The topological polar surface area (TPSA) is 79.3 Å². The van der Waals surface area contributed by atoms with Crippen LogP contribution in [0.5, 0.6) is 0 Å². The molecular weight excluding hydrogens is 244 g/mol. The van der Waals surface area contributed by atoms with Crippen molar-refractivity contribution in [2.45, 2.75) is 38.6 Å². The van der Waals surface area contributed by atoms with E-state index in [1.807, 2.05) is 0 Å². The van der Waals surface area contributed by atoms with Crippen LogP contribution in [-0.4, -0.2) is 28.0 Å². The van der Waals surface area contributed by atoms with E-state index in [9.17, 15) is 9.59 Å². The number of amides is 1. The summed E-state index contributed by atoms with van der Waals surface area (Å²) in [6.07, 6.45) is 5.52. The van der Waals surface area contributed by atoms with E-state index < -0.39 is 11.9 Å². The highest BCUT2D eigenvalue weighted by Gasteiger charge is 2.23. The van der Waals surface area contributed by atoms with Crippen LogP contribution in [0, 0.1) is 5.92 Å². The Morgan fingerprint density at radius 2 is 2.00 bits per heavy atom. The zero-order chi connectivity index (χ0) is 13.8. The van der Waals surface area contributed by atoms with E-state index in [2.05, 4.69) is 17.2 Å². The lowest BCUT2D eigenvalue weighted by Gasteiger charge is -2.26. The first-order valence-electron chi connectivity index (χ1n) is 6.57. The van der Waals surface area contributed by atoms with Crippen molar-refractivity contribution in [2.75, 3.05) is 0 Å². The Morgan fingerprint density at radius 1 is 1.32 bits per heavy atom. The average Bonchev–Trinajstić information content (AvgIpc) is 2.41. The second kappa shape index (κ2) is 5.82. The maximum Gasteiger partial charge on any atom is 0.338 e. The summed E-state index contributed by atoms with van der Waals surface area (Å²) in [5.41, 5.74) is -0.0576. The van der Waals surface area contributed by atoms with Gasteiger partial charge in [0, 0.05) is 12.2 Å². The summed E-state index contributed by atoms with van der Waals surface area (Å²) >= 11 is 0. The molecule has 1 aliphatic rings. The second-order valence-electron chi connectivity index (χ2n) is 5.13. The molecule has 2 N–H and O–H groups in total. The standard InChI is InChI=1S/C14H18N2O3/c1-9-4-6-10(7-5-9)16-13(17)12-11(14(18)19)3-2-8-15-12/h2-3,8-10H,4-7H2,1H3,(H,16,17)(H,18,19). The number of nitrogens with zero attached hydrogens (tertiary/aromatic N) is 1. The third-order valence-corrected chi connectivity index (χ3v) is 3.60. The molecule has 1 fully saturated rings. The van der Waals surface area contributed by atoms with E-state index in [0.717, 1.165) is 25.7 Å². The van der Waals surface area contributed by atoms with Crippen molar-refractivity contribution in [2.24, 2.45) is 5.92 Å². The number of aromatic carboxylic acids is 1. The van der Waals surface area contributed by atoms with Gasteiger partial charge in [0.15, 0.2) is 0 Å². The number of carboxylic acid groups (broad SMARTS) is 1. The van der Waals surface area contributed by atoms with Crippen LogP contribution in [0.25, 0.3) is 0 Å². The highest BCUT2D eigenvalue weighted by atomic mass is 16.4. The summed E-state index contributed by atoms with van der Waals surface area (Å²) in [6.45, 7) is 2.21. The van der Waals surface area contributed by atoms with Crippen LogP contribution in [0.1, 0.15) is 53.5 Å². The fraction of sp³-hybridized carbons (Fsp3) is 0.500. The molecule has 0 spiro atoms. The highest BCUT2D eigenvalue weighted by Crippen LogP contribution is 2.23. The summed E-state index contributed by atoms with van der Waals surface area (Å²) < 4.78 is 0. The van der Waals surface area contributed by atoms with Gasteiger partial charge in [0.1, 0.15) is 5.69 Å². The van der Waals surface area contributed by atoms with Crippen molar-refractivity contribution in [1.29, 1.82) is 0 Å². The quantitative estimate of drug-likeness (QED) is 0.874. The number of nitrogens with one attached hydrogen (secondary N) is 1. The first-order chi connectivity index (χ1) is 9.08. The molecule has 1 aliphatic carbocycles. The summed E-state index contributed by atoms with van der Waals surface area (Å²) in [5.74, 6) is -0.814. The van der Waals surface area contributed by atoms with E-state index in [1.165, 1.54) is 18.3 Å². The number of carbonyl (C=O) groups is 2. The molecule has 102 valence electrons. The fourth-order valence-corrected chi connectivity index (χ4v) is 2.42. The van der Waals surface area contributed by atoms with Gasteiger partial charge in [-0.05, 0) is 43.7 Å². The van der Waals surface area contributed by atoms with Crippen molar-refractivity contribution in [3.63, 3.8) is 0 Å². The summed E-state index contributed by atoms with van der Waals surface area (Å²) in [7, 11) is 0. The predicted octanol–water partition coefficient (Wildman–Crippen LogP) is 2.09. The van der Waals surface area contributed by atoms with Gasteiger partial charge in [-0.25, -0.2) is 4.79 Å². The van der Waals surface area contributed by atoms with Crippen LogP contribution in [0.4, 0.5) is 0 Å². The molecule has 0 aliphatic heterocycles. The molecule has 0 unspecified atom stereocenters. The first-order valence-corrected chi connectivity index (χ1v) is 6.57. The largest absolute Gasteiger partial charge is 0.478 e. The van der Waals surface area contributed by atoms with E-state index in [1.54, 1.807) is 0 Å². The Hall–Kier alpha value is -1.91. The normalized spacial score (nSPS) is 22.8. The molecule has 1 aromatic rings. The number of pyridine rings is 1. The maximum atomic E-state index is 12.1. The van der Waals surface area contributed by atoms with Gasteiger partial charge in [0.05, 0.1) is 5.56 Å². The van der Waals surface area contributed by atoms with Crippen LogP contribution in [-0.2, 0) is 0 Å². The lowest BCUT2D eigenvalue weighted by Crippen LogP contribution is -2.38. The Kier molecular flexibility index (Phi) is 4.14. The molecular formula is C14H18N2O3. The summed E-state index contributed by atoms with van der Waals surface area (Å²) in [6, 6.07) is 3.04. The lowest BCUT2D eigenvalue weighted by molar-refractivity contribution is 0.0689. The molecule has 5 nitrogen and oxygen atoms in total. The zero-order valence-electron chi connectivity index (χ0n) is 10.9. The van der Waals surface area contributed by atoms with Gasteiger partial charge >= 0.3 is 5.97 Å². The minimum atomic E-state index is -1.13. The van der Waals surface area contributed by atoms with Gasteiger partial charge < -0.3 is 10.4 Å². The first kappa shape index (κ1) is 13.5. The van der Waals surface area contributed by atoms with Gasteiger partial charge in [0.25, 0.3) is 5.91 Å². The van der Waals surface area contributed by atoms with Crippen molar-refractivity contribution in [3.8, 4) is 0 Å². The SMILES string of the molecule is CC1CCC(NC(=O)c2ncccc2C(=O)O)CC1. The van der Waals surface area contributed by atoms with Gasteiger partial charge in [0.2, 0.25) is 0 Å². The molecule has 0 saturated heterocycles. The minimum Gasteiger partial charge on any atom is -0.478 e. The third kappa shape index (κ3) is 3.30. The number of aromatic nitrogens is 1. The molecule has 1 aromatic heterocycles. The van der Waals surface area contributed by atoms with Crippen LogP contribution in [0.2, 0.25) is 0 Å². The third-order valence-electron chi connectivity index (χ3n) is 3.60. The fourth-order valence-electron chi connectivity index (χ4n) is 2.42. The Morgan fingerprint density at radius 3 is 2.63 bits per heavy atom. The number of hydrogen-bond donors (Lipinski definition) is 2.